The number of phenols is 1. The molecule has 2 rings (SSSR count). The third kappa shape index (κ3) is 2.65. The second kappa shape index (κ2) is 4.44. The van der Waals surface area contributed by atoms with Crippen LogP contribution >= 0.6 is 0 Å². The van der Waals surface area contributed by atoms with Crippen molar-refractivity contribution in [2.75, 3.05) is 0 Å². The van der Waals surface area contributed by atoms with Gasteiger partial charge in [-0.3, -0.25) is 10.1 Å². The fourth-order valence-corrected chi connectivity index (χ4v) is 1.11. The summed E-state index contributed by atoms with van der Waals surface area (Å²) in [5, 5.41) is 19.6. The molecule has 1 heterocycles. The molecule has 17 heavy (non-hydrogen) atoms. The van der Waals surface area contributed by atoms with Gasteiger partial charge in [-0.1, -0.05) is 6.07 Å². The molecule has 1 aromatic carbocycles. The van der Waals surface area contributed by atoms with Crippen LogP contribution in [-0.4, -0.2) is 20.0 Å². The molecule has 0 amide bonds. The van der Waals surface area contributed by atoms with Gasteiger partial charge in [0.1, 0.15) is 23.9 Å². The topological polar surface area (TPSA) is 98.4 Å². The Morgan fingerprint density at radius 2 is 2.00 bits per heavy atom. The minimum Gasteiger partial charge on any atom is -0.508 e. The zero-order valence-electron chi connectivity index (χ0n) is 8.48. The minimum absolute atomic E-state index is 0.0267. The van der Waals surface area contributed by atoms with Crippen LogP contribution in [-0.2, 0) is 0 Å². The van der Waals surface area contributed by atoms with E-state index in [9.17, 15) is 15.2 Å². The van der Waals surface area contributed by atoms with E-state index in [1.807, 2.05) is 0 Å². The monoisotopic (exact) mass is 233 g/mol. The zero-order valence-corrected chi connectivity index (χ0v) is 8.48. The highest BCUT2D eigenvalue weighted by molar-refractivity contribution is 5.33. The molecule has 0 radical (unpaired) electrons. The summed E-state index contributed by atoms with van der Waals surface area (Å²) >= 11 is 0. The zero-order chi connectivity index (χ0) is 12.3. The van der Waals surface area contributed by atoms with E-state index >= 15 is 0 Å². The molecule has 0 atom stereocenters. The molecular formula is C10H7N3O4. The van der Waals surface area contributed by atoms with Gasteiger partial charge in [-0.05, 0) is 12.1 Å². The second-order valence-electron chi connectivity index (χ2n) is 3.08. The Bertz CT molecular complexity index is 542. The Labute approximate surface area is 95.5 Å². The molecule has 0 aliphatic rings. The van der Waals surface area contributed by atoms with E-state index in [1.165, 1.54) is 12.1 Å². The quantitative estimate of drug-likeness (QED) is 0.641. The molecule has 86 valence electrons. The number of hydrogen-bond donors (Lipinski definition) is 1. The van der Waals surface area contributed by atoms with Crippen LogP contribution in [0.2, 0.25) is 0 Å². The lowest BCUT2D eigenvalue weighted by Gasteiger charge is -2.02. The SMILES string of the molecule is O=[N+]([O-])c1cnc(Oc2cccc(O)c2)nc1. The fourth-order valence-electron chi connectivity index (χ4n) is 1.11. The summed E-state index contributed by atoms with van der Waals surface area (Å²) in [4.78, 5) is 17.1. The van der Waals surface area contributed by atoms with Gasteiger partial charge < -0.3 is 9.84 Å². The minimum atomic E-state index is -0.599. The highest BCUT2D eigenvalue weighted by Gasteiger charge is 2.07. The van der Waals surface area contributed by atoms with Crippen molar-refractivity contribution in [3.63, 3.8) is 0 Å². The molecule has 0 unspecified atom stereocenters. The maximum Gasteiger partial charge on any atom is 0.322 e. The third-order valence-corrected chi connectivity index (χ3v) is 1.85. The van der Waals surface area contributed by atoms with Crippen LogP contribution in [0.4, 0.5) is 5.69 Å². The average Bonchev–Trinajstić information content (AvgIpc) is 2.29. The molecule has 0 saturated carbocycles. The van der Waals surface area contributed by atoms with Gasteiger partial charge in [-0.25, -0.2) is 0 Å². The van der Waals surface area contributed by atoms with Crippen LogP contribution < -0.4 is 4.74 Å². The average molecular weight is 233 g/mol. The summed E-state index contributed by atoms with van der Waals surface area (Å²) in [5.74, 6) is 0.392. The summed E-state index contributed by atoms with van der Waals surface area (Å²) in [7, 11) is 0. The smallest absolute Gasteiger partial charge is 0.322 e. The molecule has 0 aliphatic carbocycles. The summed E-state index contributed by atoms with van der Waals surface area (Å²) in [6.45, 7) is 0. The van der Waals surface area contributed by atoms with E-state index < -0.39 is 4.92 Å². The molecule has 2 aromatic rings. The Kier molecular flexibility index (Phi) is 2.82. The van der Waals surface area contributed by atoms with Crippen LogP contribution in [0.25, 0.3) is 0 Å². The van der Waals surface area contributed by atoms with Crippen LogP contribution in [0.3, 0.4) is 0 Å². The van der Waals surface area contributed by atoms with Crippen molar-refractivity contribution in [3.8, 4) is 17.5 Å². The standard InChI is InChI=1S/C10H7N3O4/c14-8-2-1-3-9(4-8)17-10-11-5-7(6-12-10)13(15)16/h1-6,14H. The lowest BCUT2D eigenvalue weighted by molar-refractivity contribution is -0.385. The van der Waals surface area contributed by atoms with E-state index in [-0.39, 0.29) is 17.4 Å². The molecule has 0 fully saturated rings. The Balaban J connectivity index is 2.16. The molecule has 7 heteroatoms. The first-order valence-corrected chi connectivity index (χ1v) is 4.58. The Morgan fingerprint density at radius 3 is 2.59 bits per heavy atom. The molecular weight excluding hydrogens is 226 g/mol. The molecule has 0 aliphatic heterocycles. The van der Waals surface area contributed by atoms with Gasteiger partial charge in [-0.15, -0.1) is 0 Å². The number of aromatic nitrogens is 2. The molecule has 1 N–H and O–H groups in total. The van der Waals surface area contributed by atoms with Crippen molar-refractivity contribution in [2.24, 2.45) is 0 Å². The van der Waals surface area contributed by atoms with Gasteiger partial charge in [-0.2, -0.15) is 9.97 Å². The molecule has 0 bridgehead atoms. The number of benzene rings is 1. The number of hydrogen-bond acceptors (Lipinski definition) is 6. The highest BCUT2D eigenvalue weighted by atomic mass is 16.6. The van der Waals surface area contributed by atoms with E-state index in [0.29, 0.717) is 5.75 Å². The van der Waals surface area contributed by atoms with Crippen LogP contribution in [0.1, 0.15) is 0 Å². The first-order valence-electron chi connectivity index (χ1n) is 4.58. The first-order chi connectivity index (χ1) is 8.15. The van der Waals surface area contributed by atoms with Gasteiger partial charge in [0.05, 0.1) is 4.92 Å². The van der Waals surface area contributed by atoms with E-state index in [1.54, 1.807) is 12.1 Å². The molecule has 0 spiro atoms. The Morgan fingerprint density at radius 1 is 1.29 bits per heavy atom. The van der Waals surface area contributed by atoms with Crippen LogP contribution in [0.5, 0.6) is 17.5 Å². The van der Waals surface area contributed by atoms with Crippen molar-refractivity contribution < 1.29 is 14.8 Å². The molecule has 7 nitrogen and oxygen atoms in total. The summed E-state index contributed by atoms with van der Waals surface area (Å²) in [5.41, 5.74) is -0.215. The number of nitro groups is 1. The van der Waals surface area contributed by atoms with E-state index in [4.69, 9.17) is 4.74 Å². The van der Waals surface area contributed by atoms with Crippen molar-refractivity contribution in [1.82, 2.24) is 9.97 Å². The number of ether oxygens (including phenoxy) is 1. The lowest BCUT2D eigenvalue weighted by Crippen LogP contribution is -1.94. The summed E-state index contributed by atoms with van der Waals surface area (Å²) in [6.07, 6.45) is 2.09. The van der Waals surface area contributed by atoms with Crippen molar-refractivity contribution in [2.45, 2.75) is 0 Å². The normalized spacial score (nSPS) is 9.88. The van der Waals surface area contributed by atoms with Gasteiger partial charge in [0.15, 0.2) is 0 Å². The predicted molar refractivity (Wildman–Crippen MR) is 56.9 cm³/mol. The number of nitrogens with zero attached hydrogens (tertiary/aromatic N) is 3. The van der Waals surface area contributed by atoms with Gasteiger partial charge in [0, 0.05) is 6.07 Å². The van der Waals surface area contributed by atoms with Crippen molar-refractivity contribution in [3.05, 3.63) is 46.8 Å². The lowest BCUT2D eigenvalue weighted by atomic mass is 10.3. The van der Waals surface area contributed by atoms with Crippen molar-refractivity contribution in [1.29, 1.82) is 0 Å². The van der Waals surface area contributed by atoms with Crippen molar-refractivity contribution >= 4 is 5.69 Å². The van der Waals surface area contributed by atoms with E-state index in [0.717, 1.165) is 12.4 Å². The molecule has 1 aromatic heterocycles. The third-order valence-electron chi connectivity index (χ3n) is 1.85. The maximum atomic E-state index is 10.4. The fraction of sp³-hybridized carbons (Fsp3) is 0. The number of aromatic hydroxyl groups is 1. The predicted octanol–water partition coefficient (Wildman–Crippen LogP) is 1.88. The Hall–Kier alpha value is -2.70. The maximum absolute atomic E-state index is 10.4. The number of phenolic OH excluding ortho intramolecular Hbond substituents is 1. The van der Waals surface area contributed by atoms with Gasteiger partial charge >= 0.3 is 11.7 Å². The summed E-state index contributed by atoms with van der Waals surface area (Å²) < 4.78 is 5.19. The highest BCUT2D eigenvalue weighted by Crippen LogP contribution is 2.22. The second-order valence-corrected chi connectivity index (χ2v) is 3.08. The summed E-state index contributed by atoms with van der Waals surface area (Å²) in [6, 6.07) is 6.04. The number of rotatable bonds is 3. The van der Waals surface area contributed by atoms with E-state index in [2.05, 4.69) is 9.97 Å². The molecule has 0 saturated heterocycles. The van der Waals surface area contributed by atoms with Crippen LogP contribution in [0, 0.1) is 10.1 Å². The largest absolute Gasteiger partial charge is 0.508 e. The van der Waals surface area contributed by atoms with Crippen LogP contribution in [0.15, 0.2) is 36.7 Å². The van der Waals surface area contributed by atoms with Gasteiger partial charge in [0.2, 0.25) is 0 Å². The van der Waals surface area contributed by atoms with Gasteiger partial charge in [0.25, 0.3) is 0 Å². The first kappa shape index (κ1) is 10.8.